The van der Waals surface area contributed by atoms with Crippen LogP contribution in [-0.2, 0) is 4.79 Å². The molecule has 3 fully saturated rings. The van der Waals surface area contributed by atoms with Gasteiger partial charge in [-0.1, -0.05) is 0 Å². The molecule has 0 aromatic heterocycles. The molecule has 4 heteroatoms. The molecule has 2 heterocycles. The predicted molar refractivity (Wildman–Crippen MR) is 61.9 cm³/mol. The fourth-order valence-corrected chi connectivity index (χ4v) is 3.02. The second-order valence-corrected chi connectivity index (χ2v) is 5.70. The maximum Gasteiger partial charge on any atom is 0.244 e. The first kappa shape index (κ1) is 10.5. The zero-order valence-electron chi connectivity index (χ0n) is 10.2. The van der Waals surface area contributed by atoms with Crippen molar-refractivity contribution in [2.45, 2.75) is 50.2 Å². The molecule has 16 heavy (non-hydrogen) atoms. The van der Waals surface area contributed by atoms with Crippen LogP contribution in [0.25, 0.3) is 0 Å². The third-order valence-electron chi connectivity index (χ3n) is 4.63. The molecule has 0 bridgehead atoms. The van der Waals surface area contributed by atoms with Crippen LogP contribution in [0.1, 0.15) is 32.6 Å². The molecule has 2 saturated heterocycles. The number of rotatable bonds is 1. The SMILES string of the molecule is CC1CC(N2CNC3(CC3)C2=O)CCN1C. The first-order valence-electron chi connectivity index (χ1n) is 6.39. The zero-order chi connectivity index (χ0) is 11.3. The largest absolute Gasteiger partial charge is 0.325 e. The molecule has 3 aliphatic rings. The van der Waals surface area contributed by atoms with E-state index < -0.39 is 0 Å². The summed E-state index contributed by atoms with van der Waals surface area (Å²) in [5.74, 6) is 0.370. The van der Waals surface area contributed by atoms with Crippen molar-refractivity contribution in [1.82, 2.24) is 15.1 Å². The highest BCUT2D eigenvalue weighted by molar-refractivity contribution is 5.91. The van der Waals surface area contributed by atoms with E-state index in [4.69, 9.17) is 0 Å². The quantitative estimate of drug-likeness (QED) is 0.698. The Balaban J connectivity index is 1.68. The first-order chi connectivity index (χ1) is 7.62. The van der Waals surface area contributed by atoms with Crippen LogP contribution in [0.4, 0.5) is 0 Å². The standard InChI is InChI=1S/C12H21N3O/c1-9-7-10(3-6-14(9)2)15-8-13-12(4-5-12)11(15)16/h9-10,13H,3-8H2,1-2H3. The molecule has 1 N–H and O–H groups in total. The van der Waals surface area contributed by atoms with Crippen LogP contribution in [0.5, 0.6) is 0 Å². The second-order valence-electron chi connectivity index (χ2n) is 5.70. The smallest absolute Gasteiger partial charge is 0.244 e. The number of piperidine rings is 1. The van der Waals surface area contributed by atoms with Gasteiger partial charge in [-0.15, -0.1) is 0 Å². The summed E-state index contributed by atoms with van der Waals surface area (Å²) in [5, 5.41) is 3.39. The monoisotopic (exact) mass is 223 g/mol. The number of hydrogen-bond donors (Lipinski definition) is 1. The van der Waals surface area contributed by atoms with Crippen LogP contribution < -0.4 is 5.32 Å². The molecule has 4 nitrogen and oxygen atoms in total. The molecule has 1 saturated carbocycles. The number of hydrogen-bond acceptors (Lipinski definition) is 3. The fraction of sp³-hybridized carbons (Fsp3) is 0.917. The van der Waals surface area contributed by atoms with Gasteiger partial charge >= 0.3 is 0 Å². The van der Waals surface area contributed by atoms with E-state index >= 15 is 0 Å². The Hall–Kier alpha value is -0.610. The molecular formula is C12H21N3O. The van der Waals surface area contributed by atoms with Crippen molar-refractivity contribution in [2.75, 3.05) is 20.3 Å². The van der Waals surface area contributed by atoms with Gasteiger partial charge in [0, 0.05) is 18.6 Å². The lowest BCUT2D eigenvalue weighted by Gasteiger charge is -2.39. The van der Waals surface area contributed by atoms with Crippen LogP contribution in [-0.4, -0.2) is 53.6 Å². The normalized spacial score (nSPS) is 38.4. The van der Waals surface area contributed by atoms with Crippen molar-refractivity contribution in [3.05, 3.63) is 0 Å². The summed E-state index contributed by atoms with van der Waals surface area (Å²) in [6.45, 7) is 4.15. The summed E-state index contributed by atoms with van der Waals surface area (Å²) < 4.78 is 0. The van der Waals surface area contributed by atoms with E-state index in [2.05, 4.69) is 29.1 Å². The lowest BCUT2D eigenvalue weighted by molar-refractivity contribution is -0.132. The van der Waals surface area contributed by atoms with Gasteiger partial charge in [0.15, 0.2) is 0 Å². The van der Waals surface area contributed by atoms with Crippen LogP contribution >= 0.6 is 0 Å². The third kappa shape index (κ3) is 1.47. The molecule has 90 valence electrons. The van der Waals surface area contributed by atoms with Gasteiger partial charge in [-0.05, 0) is 39.7 Å². The van der Waals surface area contributed by atoms with Gasteiger partial charge in [0.05, 0.1) is 12.2 Å². The zero-order valence-corrected chi connectivity index (χ0v) is 10.2. The van der Waals surface area contributed by atoms with E-state index in [1.807, 2.05) is 0 Å². The van der Waals surface area contributed by atoms with Crippen LogP contribution in [0.3, 0.4) is 0 Å². The van der Waals surface area contributed by atoms with Crippen molar-refractivity contribution in [1.29, 1.82) is 0 Å². The molecule has 2 unspecified atom stereocenters. The summed E-state index contributed by atoms with van der Waals surface area (Å²) in [6, 6.07) is 1.06. The predicted octanol–water partition coefficient (Wildman–Crippen LogP) is 0.391. The minimum absolute atomic E-state index is 0.118. The van der Waals surface area contributed by atoms with Gasteiger partial charge in [0.2, 0.25) is 5.91 Å². The Kier molecular flexibility index (Phi) is 2.27. The first-order valence-corrected chi connectivity index (χ1v) is 6.39. The lowest BCUT2D eigenvalue weighted by atomic mass is 9.97. The van der Waals surface area contributed by atoms with Gasteiger partial charge in [-0.3, -0.25) is 10.1 Å². The Morgan fingerprint density at radius 1 is 1.44 bits per heavy atom. The maximum atomic E-state index is 12.2. The van der Waals surface area contributed by atoms with Crippen molar-refractivity contribution in [2.24, 2.45) is 0 Å². The van der Waals surface area contributed by atoms with Gasteiger partial charge in [0.25, 0.3) is 0 Å². The lowest BCUT2D eigenvalue weighted by Crippen LogP contribution is -2.48. The number of nitrogens with zero attached hydrogens (tertiary/aromatic N) is 2. The summed E-state index contributed by atoms with van der Waals surface area (Å²) in [4.78, 5) is 16.7. The number of nitrogens with one attached hydrogen (secondary N) is 1. The minimum atomic E-state index is -0.118. The Morgan fingerprint density at radius 3 is 2.75 bits per heavy atom. The van der Waals surface area contributed by atoms with Crippen LogP contribution in [0.15, 0.2) is 0 Å². The molecule has 1 aliphatic carbocycles. The number of carbonyl (C=O) groups excluding carboxylic acids is 1. The Morgan fingerprint density at radius 2 is 2.19 bits per heavy atom. The third-order valence-corrected chi connectivity index (χ3v) is 4.63. The van der Waals surface area contributed by atoms with Crippen LogP contribution in [0.2, 0.25) is 0 Å². The highest BCUT2D eigenvalue weighted by atomic mass is 16.2. The second kappa shape index (κ2) is 3.44. The highest BCUT2D eigenvalue weighted by Crippen LogP contribution is 2.41. The van der Waals surface area contributed by atoms with Gasteiger partial charge in [-0.2, -0.15) is 0 Å². The molecule has 0 aromatic rings. The average molecular weight is 223 g/mol. The number of carbonyl (C=O) groups is 1. The molecule has 2 atom stereocenters. The van der Waals surface area contributed by atoms with E-state index in [1.54, 1.807) is 0 Å². The van der Waals surface area contributed by atoms with E-state index in [1.165, 1.54) is 0 Å². The summed E-state index contributed by atoms with van der Waals surface area (Å²) in [5.41, 5.74) is -0.118. The molecular weight excluding hydrogens is 202 g/mol. The molecule has 0 radical (unpaired) electrons. The Labute approximate surface area is 97.0 Å². The summed E-state index contributed by atoms with van der Waals surface area (Å²) in [7, 11) is 2.17. The van der Waals surface area contributed by atoms with E-state index in [9.17, 15) is 4.79 Å². The topological polar surface area (TPSA) is 35.6 Å². The molecule has 2 aliphatic heterocycles. The summed E-state index contributed by atoms with van der Waals surface area (Å²) in [6.07, 6.45) is 4.35. The molecule has 3 rings (SSSR count). The Bertz CT molecular complexity index is 313. The summed E-state index contributed by atoms with van der Waals surface area (Å²) >= 11 is 0. The molecule has 1 spiro atoms. The van der Waals surface area contributed by atoms with Crippen molar-refractivity contribution >= 4 is 5.91 Å². The van der Waals surface area contributed by atoms with Crippen molar-refractivity contribution in [3.8, 4) is 0 Å². The molecule has 1 amide bonds. The maximum absolute atomic E-state index is 12.2. The van der Waals surface area contributed by atoms with Gasteiger partial charge < -0.3 is 9.80 Å². The van der Waals surface area contributed by atoms with Gasteiger partial charge in [0.1, 0.15) is 0 Å². The molecule has 0 aromatic carbocycles. The average Bonchev–Trinajstić information content (AvgIpc) is 2.97. The van der Waals surface area contributed by atoms with Crippen molar-refractivity contribution in [3.63, 3.8) is 0 Å². The van der Waals surface area contributed by atoms with E-state index in [0.29, 0.717) is 18.0 Å². The van der Waals surface area contributed by atoms with Crippen LogP contribution in [0, 0.1) is 0 Å². The fourth-order valence-electron chi connectivity index (χ4n) is 3.02. The van der Waals surface area contributed by atoms with Crippen molar-refractivity contribution < 1.29 is 4.79 Å². The van der Waals surface area contributed by atoms with Gasteiger partial charge in [-0.25, -0.2) is 0 Å². The van der Waals surface area contributed by atoms with E-state index in [0.717, 1.165) is 38.9 Å². The highest BCUT2D eigenvalue weighted by Gasteiger charge is 2.56. The minimum Gasteiger partial charge on any atom is -0.325 e. The number of likely N-dealkylation sites (tertiary alicyclic amines) is 1. The van der Waals surface area contributed by atoms with E-state index in [-0.39, 0.29) is 5.54 Å². The number of amides is 1.